The number of anilines is 2. The minimum absolute atomic E-state index is 0.0311. The topological polar surface area (TPSA) is 84.3 Å². The first-order valence-corrected chi connectivity index (χ1v) is 8.24. The Morgan fingerprint density at radius 3 is 2.76 bits per heavy atom. The van der Waals surface area contributed by atoms with Gasteiger partial charge in [0.05, 0.1) is 4.92 Å². The molecule has 2 heterocycles. The van der Waals surface area contributed by atoms with E-state index in [9.17, 15) is 14.9 Å². The van der Waals surface area contributed by atoms with Crippen LogP contribution in [0.4, 0.5) is 17.1 Å². The largest absolute Gasteiger partial charge is 0.377 e. The van der Waals surface area contributed by atoms with E-state index in [1.165, 1.54) is 0 Å². The fourth-order valence-corrected chi connectivity index (χ4v) is 3.85. The minimum atomic E-state index is -0.351. The van der Waals surface area contributed by atoms with Gasteiger partial charge >= 0.3 is 0 Å². The van der Waals surface area contributed by atoms with Gasteiger partial charge in [-0.3, -0.25) is 14.9 Å². The van der Waals surface area contributed by atoms with Crippen molar-refractivity contribution in [1.29, 1.82) is 0 Å². The summed E-state index contributed by atoms with van der Waals surface area (Å²) < 4.78 is 0. The van der Waals surface area contributed by atoms with Crippen LogP contribution in [0, 0.1) is 10.1 Å². The van der Waals surface area contributed by atoms with Crippen molar-refractivity contribution in [1.82, 2.24) is 0 Å². The first kappa shape index (κ1) is 14.2. The van der Waals surface area contributed by atoms with Gasteiger partial charge in [0.1, 0.15) is 5.69 Å². The van der Waals surface area contributed by atoms with Gasteiger partial charge in [-0.2, -0.15) is 11.8 Å². The van der Waals surface area contributed by atoms with Crippen LogP contribution in [0.3, 0.4) is 0 Å². The zero-order valence-electron chi connectivity index (χ0n) is 11.6. The second-order valence-corrected chi connectivity index (χ2v) is 6.59. The normalized spacial score (nSPS) is 18.8. The smallest absolute Gasteiger partial charge is 0.292 e. The van der Waals surface area contributed by atoms with Gasteiger partial charge in [0.15, 0.2) is 0 Å². The van der Waals surface area contributed by atoms with Crippen molar-refractivity contribution in [2.45, 2.75) is 31.7 Å². The lowest BCUT2D eigenvalue weighted by atomic mass is 10.0. The standard InChI is InChI=1S/C14H17N3O3S/c18-14-2-1-9-7-13(17(19)20)12(8-11(9)16-14)15-10-3-5-21-6-4-10/h7-8,10,15H,1-6H2,(H,16,18). The van der Waals surface area contributed by atoms with Gasteiger partial charge in [0, 0.05) is 24.2 Å². The van der Waals surface area contributed by atoms with E-state index in [1.54, 1.807) is 12.1 Å². The second kappa shape index (κ2) is 5.93. The van der Waals surface area contributed by atoms with Crippen LogP contribution in [0.1, 0.15) is 24.8 Å². The average Bonchev–Trinajstić information content (AvgIpc) is 2.47. The van der Waals surface area contributed by atoms with Gasteiger partial charge in [-0.05, 0) is 42.4 Å². The number of carbonyl (C=O) groups excluding carboxylic acids is 1. The molecule has 6 nitrogen and oxygen atoms in total. The molecule has 1 saturated heterocycles. The first-order chi connectivity index (χ1) is 10.1. The molecular weight excluding hydrogens is 290 g/mol. The van der Waals surface area contributed by atoms with Crippen LogP contribution < -0.4 is 10.6 Å². The molecular formula is C14H17N3O3S. The summed E-state index contributed by atoms with van der Waals surface area (Å²) in [5, 5.41) is 17.4. The van der Waals surface area contributed by atoms with E-state index in [2.05, 4.69) is 10.6 Å². The monoisotopic (exact) mass is 307 g/mol. The molecule has 2 aliphatic rings. The molecule has 1 aromatic carbocycles. The Kier molecular flexibility index (Phi) is 4.01. The molecule has 0 saturated carbocycles. The highest BCUT2D eigenvalue weighted by molar-refractivity contribution is 7.99. The zero-order chi connectivity index (χ0) is 14.8. The third-order valence-corrected chi connectivity index (χ3v) is 4.94. The number of hydrogen-bond acceptors (Lipinski definition) is 5. The number of carbonyl (C=O) groups is 1. The average molecular weight is 307 g/mol. The number of nitrogens with one attached hydrogen (secondary N) is 2. The minimum Gasteiger partial charge on any atom is -0.377 e. The molecule has 2 N–H and O–H groups in total. The number of nitro benzene ring substituents is 1. The summed E-state index contributed by atoms with van der Waals surface area (Å²) in [5.74, 6) is 2.12. The van der Waals surface area contributed by atoms with E-state index in [0.717, 1.165) is 29.9 Å². The van der Waals surface area contributed by atoms with Crippen molar-refractivity contribution in [2.75, 3.05) is 22.1 Å². The third kappa shape index (κ3) is 3.12. The number of rotatable bonds is 3. The molecule has 21 heavy (non-hydrogen) atoms. The molecule has 0 unspecified atom stereocenters. The molecule has 0 radical (unpaired) electrons. The molecule has 1 fully saturated rings. The zero-order valence-corrected chi connectivity index (χ0v) is 12.4. The Morgan fingerprint density at radius 1 is 1.29 bits per heavy atom. The van der Waals surface area contributed by atoms with Gasteiger partial charge in [-0.1, -0.05) is 0 Å². The molecule has 1 amide bonds. The summed E-state index contributed by atoms with van der Waals surface area (Å²) in [6, 6.07) is 3.57. The molecule has 3 rings (SSSR count). The highest BCUT2D eigenvalue weighted by Crippen LogP contribution is 2.35. The van der Waals surface area contributed by atoms with Crippen LogP contribution in [0.15, 0.2) is 12.1 Å². The number of benzene rings is 1. The number of aryl methyl sites for hydroxylation is 1. The first-order valence-electron chi connectivity index (χ1n) is 7.09. The molecule has 7 heteroatoms. The molecule has 0 atom stereocenters. The Labute approximate surface area is 126 Å². The number of nitrogens with zero attached hydrogens (tertiary/aromatic N) is 1. The number of thioether (sulfide) groups is 1. The van der Waals surface area contributed by atoms with E-state index in [4.69, 9.17) is 0 Å². The summed E-state index contributed by atoms with van der Waals surface area (Å²) in [6.45, 7) is 0. The maximum absolute atomic E-state index is 11.5. The summed E-state index contributed by atoms with van der Waals surface area (Å²) in [6.07, 6.45) is 2.95. The lowest BCUT2D eigenvalue weighted by Gasteiger charge is -2.25. The van der Waals surface area contributed by atoms with Crippen LogP contribution in [-0.2, 0) is 11.2 Å². The lowest BCUT2D eigenvalue weighted by molar-refractivity contribution is -0.384. The van der Waals surface area contributed by atoms with Crippen molar-refractivity contribution in [3.63, 3.8) is 0 Å². The summed E-state index contributed by atoms with van der Waals surface area (Å²) in [4.78, 5) is 22.4. The fraction of sp³-hybridized carbons (Fsp3) is 0.500. The summed E-state index contributed by atoms with van der Waals surface area (Å²) >= 11 is 1.91. The maximum atomic E-state index is 11.5. The number of hydrogen-bond donors (Lipinski definition) is 2. The highest BCUT2D eigenvalue weighted by atomic mass is 32.2. The van der Waals surface area contributed by atoms with Crippen LogP contribution in [0.5, 0.6) is 0 Å². The molecule has 1 aromatic rings. The van der Waals surface area contributed by atoms with E-state index in [1.807, 2.05) is 11.8 Å². The predicted molar refractivity (Wildman–Crippen MR) is 84.0 cm³/mol. The van der Waals surface area contributed by atoms with Gasteiger partial charge in [-0.15, -0.1) is 0 Å². The number of fused-ring (bicyclic) bond motifs is 1. The van der Waals surface area contributed by atoms with Gasteiger partial charge in [-0.25, -0.2) is 0 Å². The Morgan fingerprint density at radius 2 is 2.05 bits per heavy atom. The summed E-state index contributed by atoms with van der Waals surface area (Å²) in [7, 11) is 0. The molecule has 0 aromatic heterocycles. The summed E-state index contributed by atoms with van der Waals surface area (Å²) in [5.41, 5.74) is 2.15. The van der Waals surface area contributed by atoms with Crippen molar-refractivity contribution >= 4 is 34.7 Å². The van der Waals surface area contributed by atoms with Crippen LogP contribution in [0.2, 0.25) is 0 Å². The molecule has 0 aliphatic carbocycles. The predicted octanol–water partition coefficient (Wildman–Crippen LogP) is 2.79. The quantitative estimate of drug-likeness (QED) is 0.662. The maximum Gasteiger partial charge on any atom is 0.292 e. The van der Waals surface area contributed by atoms with E-state index in [0.29, 0.717) is 24.2 Å². The Balaban J connectivity index is 1.91. The highest BCUT2D eigenvalue weighted by Gasteiger charge is 2.24. The lowest BCUT2D eigenvalue weighted by Crippen LogP contribution is -2.25. The number of amides is 1. The van der Waals surface area contributed by atoms with Gasteiger partial charge < -0.3 is 10.6 Å². The molecule has 2 aliphatic heterocycles. The van der Waals surface area contributed by atoms with Crippen molar-refractivity contribution in [3.8, 4) is 0 Å². The SMILES string of the molecule is O=C1CCc2cc([N+](=O)[O-])c(NC3CCSCC3)cc2N1. The molecule has 112 valence electrons. The third-order valence-electron chi connectivity index (χ3n) is 3.89. The number of nitro groups is 1. The molecule has 0 spiro atoms. The Hall–Kier alpha value is -1.76. The van der Waals surface area contributed by atoms with Crippen LogP contribution in [0.25, 0.3) is 0 Å². The van der Waals surface area contributed by atoms with Crippen molar-refractivity contribution in [3.05, 3.63) is 27.8 Å². The van der Waals surface area contributed by atoms with E-state index < -0.39 is 0 Å². The van der Waals surface area contributed by atoms with Crippen LogP contribution in [-0.4, -0.2) is 28.4 Å². The van der Waals surface area contributed by atoms with Crippen LogP contribution >= 0.6 is 11.8 Å². The fourth-order valence-electron chi connectivity index (χ4n) is 2.74. The van der Waals surface area contributed by atoms with Gasteiger partial charge in [0.2, 0.25) is 5.91 Å². The molecule has 0 bridgehead atoms. The second-order valence-electron chi connectivity index (χ2n) is 5.36. The van der Waals surface area contributed by atoms with Crippen molar-refractivity contribution in [2.24, 2.45) is 0 Å². The van der Waals surface area contributed by atoms with Crippen molar-refractivity contribution < 1.29 is 9.72 Å². The Bertz CT molecular complexity index is 585. The van der Waals surface area contributed by atoms with Gasteiger partial charge in [0.25, 0.3) is 5.69 Å². The van der Waals surface area contributed by atoms with E-state index >= 15 is 0 Å². The van der Waals surface area contributed by atoms with E-state index in [-0.39, 0.29) is 22.6 Å².